The van der Waals surface area contributed by atoms with Crippen molar-refractivity contribution in [2.45, 2.75) is 44.6 Å². The van der Waals surface area contributed by atoms with Gasteiger partial charge in [-0.2, -0.15) is 0 Å². The van der Waals surface area contributed by atoms with Crippen molar-refractivity contribution in [1.82, 2.24) is 10.4 Å². The molecule has 0 bridgehead atoms. The number of halogens is 1. The predicted molar refractivity (Wildman–Crippen MR) is 111 cm³/mol. The van der Waals surface area contributed by atoms with Gasteiger partial charge in [-0.05, 0) is 54.4 Å². The monoisotopic (exact) mass is 396 g/mol. The van der Waals surface area contributed by atoms with Gasteiger partial charge in [0.1, 0.15) is 5.82 Å². The van der Waals surface area contributed by atoms with Crippen molar-refractivity contribution < 1.29 is 14.0 Å². The summed E-state index contributed by atoms with van der Waals surface area (Å²) in [6, 6.07) is 18.1. The van der Waals surface area contributed by atoms with Crippen molar-refractivity contribution in [3.63, 3.8) is 0 Å². The summed E-state index contributed by atoms with van der Waals surface area (Å²) in [5.74, 6) is 0.132. The molecule has 4 rings (SSSR count). The van der Waals surface area contributed by atoms with Gasteiger partial charge in [-0.15, -0.1) is 5.06 Å². The van der Waals surface area contributed by atoms with E-state index in [0.717, 1.165) is 44.5 Å². The number of nitrogens with one attached hydrogen (secondary N) is 1. The van der Waals surface area contributed by atoms with E-state index in [1.165, 1.54) is 31.0 Å². The standard InChI is InChI=1S/C24H29FN2O2/c1-18(28)29-27-13-11-24(12-14-27,16-19-7-9-21(25)10-8-19)17-26-23-15-22(23)20-5-3-2-4-6-20/h2-10,22-23,26H,11-17H2,1H3/t22-,23+/m0/s1. The number of rotatable bonds is 7. The molecule has 0 aromatic heterocycles. The minimum atomic E-state index is -0.266. The molecule has 154 valence electrons. The Morgan fingerprint density at radius 2 is 1.83 bits per heavy atom. The van der Waals surface area contributed by atoms with Crippen molar-refractivity contribution in [3.8, 4) is 0 Å². The van der Waals surface area contributed by atoms with Crippen LogP contribution in [0.4, 0.5) is 4.39 Å². The molecule has 0 amide bonds. The lowest BCUT2D eigenvalue weighted by Crippen LogP contribution is -2.47. The third-order valence-electron chi connectivity index (χ3n) is 6.29. The van der Waals surface area contributed by atoms with Crippen LogP contribution in [0.3, 0.4) is 0 Å². The van der Waals surface area contributed by atoms with Crippen molar-refractivity contribution in [2.24, 2.45) is 5.41 Å². The molecular weight excluding hydrogens is 367 g/mol. The Kier molecular flexibility index (Phi) is 5.97. The quantitative estimate of drug-likeness (QED) is 0.766. The normalized spacial score (nSPS) is 23.5. The Labute approximate surface area is 172 Å². The molecule has 0 spiro atoms. The number of hydrogen-bond acceptors (Lipinski definition) is 4. The lowest BCUT2D eigenvalue weighted by atomic mass is 9.74. The third kappa shape index (κ3) is 5.22. The lowest BCUT2D eigenvalue weighted by molar-refractivity contribution is -0.197. The maximum Gasteiger partial charge on any atom is 0.322 e. The Hall–Kier alpha value is -2.24. The zero-order chi connectivity index (χ0) is 20.3. The summed E-state index contributed by atoms with van der Waals surface area (Å²) in [5.41, 5.74) is 2.64. The fourth-order valence-corrected chi connectivity index (χ4v) is 4.52. The Bertz CT molecular complexity index is 817. The molecule has 4 nitrogen and oxygen atoms in total. The number of benzene rings is 2. The molecule has 0 radical (unpaired) electrons. The highest BCUT2D eigenvalue weighted by atomic mass is 19.1. The average Bonchev–Trinajstić information content (AvgIpc) is 3.50. The van der Waals surface area contributed by atoms with E-state index in [1.54, 1.807) is 5.06 Å². The zero-order valence-corrected chi connectivity index (χ0v) is 16.9. The Balaban J connectivity index is 1.40. The molecule has 1 aliphatic heterocycles. The number of carbonyl (C=O) groups is 1. The largest absolute Gasteiger partial charge is 0.368 e. The molecule has 2 aromatic carbocycles. The molecule has 1 saturated carbocycles. The van der Waals surface area contributed by atoms with E-state index >= 15 is 0 Å². The second kappa shape index (κ2) is 8.64. The van der Waals surface area contributed by atoms with Crippen LogP contribution in [0.15, 0.2) is 54.6 Å². The van der Waals surface area contributed by atoms with Crippen molar-refractivity contribution >= 4 is 5.97 Å². The van der Waals surface area contributed by atoms with Gasteiger partial charge in [-0.3, -0.25) is 4.79 Å². The first-order chi connectivity index (χ1) is 14.0. The van der Waals surface area contributed by atoms with Crippen molar-refractivity contribution in [3.05, 3.63) is 71.5 Å². The van der Waals surface area contributed by atoms with Crippen LogP contribution in [-0.4, -0.2) is 36.7 Å². The van der Waals surface area contributed by atoms with Crippen molar-refractivity contribution in [2.75, 3.05) is 19.6 Å². The number of hydrogen-bond donors (Lipinski definition) is 1. The fourth-order valence-electron chi connectivity index (χ4n) is 4.52. The molecule has 29 heavy (non-hydrogen) atoms. The van der Waals surface area contributed by atoms with Crippen LogP contribution in [0.2, 0.25) is 0 Å². The van der Waals surface area contributed by atoms with Gasteiger partial charge < -0.3 is 10.2 Å². The van der Waals surface area contributed by atoms with Crippen molar-refractivity contribution in [1.29, 1.82) is 0 Å². The van der Waals surface area contributed by atoms with Gasteiger partial charge in [-0.25, -0.2) is 4.39 Å². The minimum Gasteiger partial charge on any atom is -0.368 e. The summed E-state index contributed by atoms with van der Waals surface area (Å²) in [4.78, 5) is 16.6. The van der Waals surface area contributed by atoms with Crippen LogP contribution in [0.1, 0.15) is 43.2 Å². The highest BCUT2D eigenvalue weighted by Gasteiger charge is 2.41. The molecule has 2 aliphatic rings. The summed E-state index contributed by atoms with van der Waals surface area (Å²) in [6.07, 6.45) is 3.95. The van der Waals surface area contributed by atoms with E-state index in [1.807, 2.05) is 12.1 Å². The number of carbonyl (C=O) groups excluding carboxylic acids is 1. The molecule has 5 heteroatoms. The molecule has 1 heterocycles. The Morgan fingerprint density at radius 1 is 1.14 bits per heavy atom. The smallest absolute Gasteiger partial charge is 0.322 e. The van der Waals surface area contributed by atoms with Gasteiger partial charge in [0, 0.05) is 38.5 Å². The zero-order valence-electron chi connectivity index (χ0n) is 16.9. The van der Waals surface area contributed by atoms with E-state index in [0.29, 0.717) is 12.0 Å². The molecular formula is C24H29FN2O2. The van der Waals surface area contributed by atoms with E-state index in [9.17, 15) is 9.18 Å². The predicted octanol–water partition coefficient (Wildman–Crippen LogP) is 4.07. The molecule has 1 saturated heterocycles. The van der Waals surface area contributed by atoms with E-state index < -0.39 is 0 Å². The fraction of sp³-hybridized carbons (Fsp3) is 0.458. The van der Waals surface area contributed by atoms with Gasteiger partial charge in [-0.1, -0.05) is 42.5 Å². The van der Waals surface area contributed by atoms with Gasteiger partial charge in [0.05, 0.1) is 0 Å². The van der Waals surface area contributed by atoms with Gasteiger partial charge >= 0.3 is 5.97 Å². The van der Waals surface area contributed by atoms with Crippen LogP contribution in [0.25, 0.3) is 0 Å². The van der Waals surface area contributed by atoms with Crippen LogP contribution >= 0.6 is 0 Å². The molecule has 0 unspecified atom stereocenters. The molecule has 2 atom stereocenters. The highest BCUT2D eigenvalue weighted by Crippen LogP contribution is 2.42. The molecule has 1 N–H and O–H groups in total. The van der Waals surface area contributed by atoms with Gasteiger partial charge in [0.15, 0.2) is 0 Å². The number of nitrogens with zero attached hydrogens (tertiary/aromatic N) is 1. The first-order valence-electron chi connectivity index (χ1n) is 10.5. The lowest BCUT2D eigenvalue weighted by Gasteiger charge is -2.41. The van der Waals surface area contributed by atoms with Crippen LogP contribution < -0.4 is 5.32 Å². The molecule has 2 fully saturated rings. The second-order valence-electron chi connectivity index (χ2n) is 8.56. The maximum atomic E-state index is 13.3. The SMILES string of the molecule is CC(=O)ON1CCC(CN[C@@H]2C[C@H]2c2ccccc2)(Cc2ccc(F)cc2)CC1. The van der Waals surface area contributed by atoms with E-state index in [4.69, 9.17) is 4.84 Å². The third-order valence-corrected chi connectivity index (χ3v) is 6.29. The second-order valence-corrected chi connectivity index (χ2v) is 8.56. The van der Waals surface area contributed by atoms with Crippen LogP contribution in [0.5, 0.6) is 0 Å². The highest BCUT2D eigenvalue weighted by molar-refractivity contribution is 5.65. The summed E-state index contributed by atoms with van der Waals surface area (Å²) < 4.78 is 13.3. The first kappa shape index (κ1) is 20.0. The first-order valence-corrected chi connectivity index (χ1v) is 10.5. The van der Waals surface area contributed by atoms with Gasteiger partial charge in [0.2, 0.25) is 0 Å². The van der Waals surface area contributed by atoms with E-state index in [2.05, 4.69) is 35.6 Å². The summed E-state index contributed by atoms with van der Waals surface area (Å²) in [7, 11) is 0. The van der Waals surface area contributed by atoms with Crippen LogP contribution in [-0.2, 0) is 16.1 Å². The van der Waals surface area contributed by atoms with E-state index in [-0.39, 0.29) is 17.2 Å². The molecule has 1 aliphatic carbocycles. The topological polar surface area (TPSA) is 41.6 Å². The number of piperidine rings is 1. The van der Waals surface area contributed by atoms with Gasteiger partial charge in [0.25, 0.3) is 0 Å². The average molecular weight is 397 g/mol. The summed E-state index contributed by atoms with van der Waals surface area (Å²) in [6.45, 7) is 3.83. The van der Waals surface area contributed by atoms with Crippen LogP contribution in [0, 0.1) is 11.2 Å². The maximum absolute atomic E-state index is 13.3. The Morgan fingerprint density at radius 3 is 2.48 bits per heavy atom. The summed E-state index contributed by atoms with van der Waals surface area (Å²) >= 11 is 0. The minimum absolute atomic E-state index is 0.0817. The number of hydroxylamine groups is 2. The summed E-state index contributed by atoms with van der Waals surface area (Å²) in [5, 5.41) is 5.58. The molecule has 2 aromatic rings.